The molecule has 21 heavy (non-hydrogen) atoms. The molecule has 4 heteroatoms. The smallest absolute Gasteiger partial charge is 0.244 e. The molecule has 2 fully saturated rings. The first-order valence-corrected chi connectivity index (χ1v) is 9.06. The van der Waals surface area contributed by atoms with Gasteiger partial charge in [0.1, 0.15) is 11.7 Å². The summed E-state index contributed by atoms with van der Waals surface area (Å²) in [6, 6.07) is 4.66. The zero-order valence-corrected chi connectivity index (χ0v) is 14.1. The van der Waals surface area contributed by atoms with E-state index in [0.717, 1.165) is 19.3 Å². The maximum absolute atomic E-state index is 12.8. The summed E-state index contributed by atoms with van der Waals surface area (Å²) in [5.74, 6) is 0.336. The maximum atomic E-state index is 12.8. The summed E-state index contributed by atoms with van der Waals surface area (Å²) in [6.07, 6.45) is 6.92. The van der Waals surface area contributed by atoms with Crippen LogP contribution in [0.1, 0.15) is 68.3 Å². The van der Waals surface area contributed by atoms with Gasteiger partial charge in [-0.3, -0.25) is 10.1 Å². The standard InChI is InChI=1S/C17H26N2OS/c1-4-5-6-7-12(2)19-15(14-9-8-13(3)21-14)18-17(10-11-17)16(19)20/h8-9,12,15,18H,4-7,10-11H2,1-3H3. The molecule has 1 saturated heterocycles. The molecule has 2 aliphatic rings. The van der Waals surface area contributed by atoms with Crippen molar-refractivity contribution in [3.63, 3.8) is 0 Å². The highest BCUT2D eigenvalue weighted by atomic mass is 32.1. The van der Waals surface area contributed by atoms with E-state index in [2.05, 4.69) is 43.1 Å². The van der Waals surface area contributed by atoms with Gasteiger partial charge in [-0.2, -0.15) is 0 Å². The summed E-state index contributed by atoms with van der Waals surface area (Å²) in [7, 11) is 0. The van der Waals surface area contributed by atoms with Gasteiger partial charge in [0.15, 0.2) is 0 Å². The van der Waals surface area contributed by atoms with E-state index in [1.165, 1.54) is 29.0 Å². The van der Waals surface area contributed by atoms with Gasteiger partial charge in [-0.25, -0.2) is 0 Å². The lowest BCUT2D eigenvalue weighted by atomic mass is 10.1. The van der Waals surface area contributed by atoms with Gasteiger partial charge in [0.25, 0.3) is 0 Å². The molecule has 1 aromatic heterocycles. The molecule has 2 heterocycles. The average Bonchev–Trinajstić information content (AvgIpc) is 3.02. The zero-order valence-electron chi connectivity index (χ0n) is 13.3. The maximum Gasteiger partial charge on any atom is 0.244 e. The Hall–Kier alpha value is -0.870. The Bertz CT molecular complexity index is 521. The van der Waals surface area contributed by atoms with Crippen LogP contribution in [0.4, 0.5) is 0 Å². The predicted octanol–water partition coefficient (Wildman–Crippen LogP) is 3.99. The molecule has 1 amide bonds. The van der Waals surface area contributed by atoms with Gasteiger partial charge in [-0.05, 0) is 45.2 Å². The molecule has 1 saturated carbocycles. The highest BCUT2D eigenvalue weighted by Crippen LogP contribution is 2.47. The fraction of sp³-hybridized carbons (Fsp3) is 0.706. The van der Waals surface area contributed by atoms with Crippen LogP contribution in [-0.4, -0.2) is 22.4 Å². The van der Waals surface area contributed by atoms with Crippen LogP contribution in [0, 0.1) is 6.92 Å². The van der Waals surface area contributed by atoms with E-state index in [1.54, 1.807) is 0 Å². The molecule has 1 aromatic rings. The Morgan fingerprint density at radius 1 is 1.43 bits per heavy atom. The third kappa shape index (κ3) is 2.76. The number of nitrogens with one attached hydrogen (secondary N) is 1. The normalized spacial score (nSPS) is 24.8. The number of thiophene rings is 1. The van der Waals surface area contributed by atoms with Crippen molar-refractivity contribution in [3.8, 4) is 0 Å². The molecule has 2 unspecified atom stereocenters. The Balaban J connectivity index is 1.78. The van der Waals surface area contributed by atoms with Crippen LogP contribution in [0.2, 0.25) is 0 Å². The number of nitrogens with zero attached hydrogens (tertiary/aromatic N) is 1. The minimum absolute atomic E-state index is 0.0929. The quantitative estimate of drug-likeness (QED) is 0.806. The predicted molar refractivity (Wildman–Crippen MR) is 87.3 cm³/mol. The molecule has 1 aliphatic carbocycles. The lowest BCUT2D eigenvalue weighted by Crippen LogP contribution is -2.38. The number of carbonyl (C=O) groups excluding carboxylic acids is 1. The van der Waals surface area contributed by atoms with Crippen LogP contribution in [0.15, 0.2) is 12.1 Å². The van der Waals surface area contributed by atoms with Crippen molar-refractivity contribution < 1.29 is 4.79 Å². The summed E-state index contributed by atoms with van der Waals surface area (Å²) in [5, 5.41) is 3.63. The topological polar surface area (TPSA) is 32.3 Å². The zero-order chi connectivity index (χ0) is 15.0. The van der Waals surface area contributed by atoms with Crippen molar-refractivity contribution in [2.75, 3.05) is 0 Å². The van der Waals surface area contributed by atoms with E-state index in [1.807, 2.05) is 11.3 Å². The van der Waals surface area contributed by atoms with E-state index in [-0.39, 0.29) is 11.7 Å². The van der Waals surface area contributed by atoms with Crippen molar-refractivity contribution in [1.82, 2.24) is 10.2 Å². The molecule has 0 bridgehead atoms. The first-order valence-electron chi connectivity index (χ1n) is 8.24. The molecule has 1 spiro atoms. The first-order chi connectivity index (χ1) is 10.1. The fourth-order valence-corrected chi connectivity index (χ4v) is 4.26. The second-order valence-electron chi connectivity index (χ2n) is 6.63. The second-order valence-corrected chi connectivity index (χ2v) is 7.95. The van der Waals surface area contributed by atoms with Crippen molar-refractivity contribution in [2.45, 2.75) is 77.0 Å². The molecule has 0 radical (unpaired) electrons. The van der Waals surface area contributed by atoms with Crippen molar-refractivity contribution in [2.24, 2.45) is 0 Å². The molecule has 0 aromatic carbocycles. The van der Waals surface area contributed by atoms with Gasteiger partial charge in [0.05, 0.1) is 0 Å². The summed E-state index contributed by atoms with van der Waals surface area (Å²) in [6.45, 7) is 6.57. The highest BCUT2D eigenvalue weighted by molar-refractivity contribution is 7.12. The largest absolute Gasteiger partial charge is 0.318 e. The molecule has 1 aliphatic heterocycles. The average molecular weight is 306 g/mol. The molecule has 2 atom stereocenters. The minimum atomic E-state index is -0.221. The summed E-state index contributed by atoms with van der Waals surface area (Å²) >= 11 is 1.81. The monoisotopic (exact) mass is 306 g/mol. The third-order valence-corrected chi connectivity index (χ3v) is 5.87. The van der Waals surface area contributed by atoms with Crippen LogP contribution in [0.25, 0.3) is 0 Å². The van der Waals surface area contributed by atoms with Gasteiger partial charge in [-0.1, -0.05) is 26.2 Å². The number of aryl methyl sites for hydroxylation is 1. The van der Waals surface area contributed by atoms with Gasteiger partial charge in [0.2, 0.25) is 5.91 Å². The fourth-order valence-electron chi connectivity index (χ4n) is 3.33. The van der Waals surface area contributed by atoms with E-state index >= 15 is 0 Å². The highest BCUT2D eigenvalue weighted by Gasteiger charge is 2.60. The Morgan fingerprint density at radius 3 is 2.76 bits per heavy atom. The molecular weight excluding hydrogens is 280 g/mol. The third-order valence-electron chi connectivity index (χ3n) is 4.82. The molecule has 1 N–H and O–H groups in total. The SMILES string of the molecule is CCCCCC(C)N1C(=O)C2(CC2)NC1c1ccc(C)s1. The van der Waals surface area contributed by atoms with Crippen LogP contribution >= 0.6 is 11.3 Å². The van der Waals surface area contributed by atoms with Crippen molar-refractivity contribution >= 4 is 17.2 Å². The van der Waals surface area contributed by atoms with E-state index in [0.29, 0.717) is 11.9 Å². The van der Waals surface area contributed by atoms with E-state index in [4.69, 9.17) is 0 Å². The lowest BCUT2D eigenvalue weighted by molar-refractivity contribution is -0.132. The first kappa shape index (κ1) is 15.0. The van der Waals surface area contributed by atoms with Gasteiger partial charge in [-0.15, -0.1) is 11.3 Å². The van der Waals surface area contributed by atoms with Gasteiger partial charge >= 0.3 is 0 Å². The number of hydrogen-bond acceptors (Lipinski definition) is 3. The number of unbranched alkanes of at least 4 members (excludes halogenated alkanes) is 2. The Morgan fingerprint density at radius 2 is 2.19 bits per heavy atom. The van der Waals surface area contributed by atoms with E-state index < -0.39 is 0 Å². The van der Waals surface area contributed by atoms with Crippen molar-refractivity contribution in [3.05, 3.63) is 21.9 Å². The van der Waals surface area contributed by atoms with Crippen LogP contribution in [0.3, 0.4) is 0 Å². The Labute approximate surface area is 131 Å². The van der Waals surface area contributed by atoms with Crippen LogP contribution < -0.4 is 5.32 Å². The number of carbonyl (C=O) groups is 1. The molecule has 116 valence electrons. The molecular formula is C17H26N2OS. The summed E-state index contributed by atoms with van der Waals surface area (Å²) in [5.41, 5.74) is -0.221. The molecule has 3 rings (SSSR count). The second kappa shape index (κ2) is 5.73. The number of hydrogen-bond donors (Lipinski definition) is 1. The molecule has 3 nitrogen and oxygen atoms in total. The number of rotatable bonds is 6. The van der Waals surface area contributed by atoms with Crippen molar-refractivity contribution in [1.29, 1.82) is 0 Å². The number of amides is 1. The minimum Gasteiger partial charge on any atom is -0.318 e. The van der Waals surface area contributed by atoms with Gasteiger partial charge in [0, 0.05) is 15.8 Å². The lowest BCUT2D eigenvalue weighted by Gasteiger charge is -2.30. The van der Waals surface area contributed by atoms with Crippen LogP contribution in [-0.2, 0) is 4.79 Å². The van der Waals surface area contributed by atoms with Crippen LogP contribution in [0.5, 0.6) is 0 Å². The summed E-state index contributed by atoms with van der Waals surface area (Å²) in [4.78, 5) is 17.6. The Kier molecular flexibility index (Phi) is 4.10. The van der Waals surface area contributed by atoms with E-state index in [9.17, 15) is 4.79 Å². The van der Waals surface area contributed by atoms with Gasteiger partial charge < -0.3 is 4.90 Å². The summed E-state index contributed by atoms with van der Waals surface area (Å²) < 4.78 is 0.